The van der Waals surface area contributed by atoms with Crippen LogP contribution in [0.2, 0.25) is 0 Å². The van der Waals surface area contributed by atoms with Crippen LogP contribution in [-0.2, 0) is 0 Å². The van der Waals surface area contributed by atoms with Crippen molar-refractivity contribution in [1.82, 2.24) is 4.98 Å². The Morgan fingerprint density at radius 3 is 2.60 bits per heavy atom. The summed E-state index contributed by atoms with van der Waals surface area (Å²) in [6.45, 7) is 0. The summed E-state index contributed by atoms with van der Waals surface area (Å²) in [5.41, 5.74) is 2.22. The van der Waals surface area contributed by atoms with Gasteiger partial charge in [0, 0.05) is 25.5 Å². The number of nitrogens with one attached hydrogen (secondary N) is 2. The maximum atomic E-state index is 12.2. The number of hydrogen-bond acceptors (Lipinski definition) is 1. The Balaban J connectivity index is 1.88. The molecule has 20 heavy (non-hydrogen) atoms. The van der Waals surface area contributed by atoms with Crippen LogP contribution in [0.3, 0.4) is 0 Å². The fourth-order valence-electron chi connectivity index (χ4n) is 1.99. The molecule has 0 fully saturated rings. The average Bonchev–Trinajstić information content (AvgIpc) is 2.81. The topological polar surface area (TPSA) is 44.9 Å². The molecule has 0 atom stereocenters. The molecule has 2 aromatic carbocycles. The zero-order chi connectivity index (χ0) is 14.1. The maximum absolute atomic E-state index is 12.2. The number of hydrogen-bond donors (Lipinski definition) is 2. The summed E-state index contributed by atoms with van der Waals surface area (Å²) < 4.78 is 1.90. The number of aromatic amines is 1. The Bertz CT molecular complexity index is 795. The molecule has 0 bridgehead atoms. The minimum atomic E-state index is -0.157. The molecule has 1 aromatic heterocycles. The Kier molecular flexibility index (Phi) is 3.63. The molecule has 0 unspecified atom stereocenters. The van der Waals surface area contributed by atoms with E-state index in [0.29, 0.717) is 5.69 Å². The summed E-state index contributed by atoms with van der Waals surface area (Å²) in [4.78, 5) is 15.3. The summed E-state index contributed by atoms with van der Waals surface area (Å²) in [6.07, 6.45) is 0. The normalized spacial score (nSPS) is 10.7. The minimum absolute atomic E-state index is 0.157. The summed E-state index contributed by atoms with van der Waals surface area (Å²) in [7, 11) is 0. The third-order valence-electron chi connectivity index (χ3n) is 2.91. The number of H-pyrrole nitrogens is 1. The number of carbonyl (C=O) groups excluding carboxylic acids is 1. The summed E-state index contributed by atoms with van der Waals surface area (Å²) in [5, 5.41) is 3.87. The smallest absolute Gasteiger partial charge is 0.272 e. The number of fused-ring (bicyclic) bond motifs is 1. The lowest BCUT2D eigenvalue weighted by Crippen LogP contribution is -2.12. The first-order valence-electron chi connectivity index (χ1n) is 5.97. The van der Waals surface area contributed by atoms with Gasteiger partial charge in [-0.25, -0.2) is 0 Å². The van der Waals surface area contributed by atoms with Crippen molar-refractivity contribution in [2.45, 2.75) is 0 Å². The molecule has 3 aromatic rings. The third-order valence-corrected chi connectivity index (χ3v) is 3.90. The van der Waals surface area contributed by atoms with Crippen molar-refractivity contribution in [3.05, 3.63) is 63.2 Å². The van der Waals surface area contributed by atoms with Crippen LogP contribution >= 0.6 is 31.9 Å². The van der Waals surface area contributed by atoms with Crippen LogP contribution < -0.4 is 5.32 Å². The van der Waals surface area contributed by atoms with Crippen LogP contribution in [0.1, 0.15) is 10.5 Å². The number of aromatic nitrogens is 1. The molecule has 2 N–H and O–H groups in total. The van der Waals surface area contributed by atoms with Gasteiger partial charge < -0.3 is 10.3 Å². The predicted molar refractivity (Wildman–Crippen MR) is 88.1 cm³/mol. The van der Waals surface area contributed by atoms with Gasteiger partial charge in [-0.3, -0.25) is 4.79 Å². The van der Waals surface area contributed by atoms with Crippen molar-refractivity contribution < 1.29 is 4.79 Å². The van der Waals surface area contributed by atoms with Crippen molar-refractivity contribution in [1.29, 1.82) is 0 Å². The van der Waals surface area contributed by atoms with Crippen LogP contribution in [0.25, 0.3) is 10.9 Å². The first kappa shape index (κ1) is 13.4. The van der Waals surface area contributed by atoms with E-state index in [1.165, 1.54) is 0 Å². The van der Waals surface area contributed by atoms with Crippen LogP contribution in [-0.4, -0.2) is 10.9 Å². The molecule has 3 nitrogen and oxygen atoms in total. The first-order chi connectivity index (χ1) is 9.61. The Hall–Kier alpha value is -1.59. The van der Waals surface area contributed by atoms with Gasteiger partial charge in [-0.2, -0.15) is 0 Å². The van der Waals surface area contributed by atoms with E-state index < -0.39 is 0 Å². The molecule has 5 heteroatoms. The Morgan fingerprint density at radius 2 is 1.80 bits per heavy atom. The van der Waals surface area contributed by atoms with Gasteiger partial charge in [-0.05, 0) is 36.4 Å². The molecule has 0 aliphatic heterocycles. The highest BCUT2D eigenvalue weighted by Crippen LogP contribution is 2.21. The van der Waals surface area contributed by atoms with Crippen molar-refractivity contribution in [3.8, 4) is 0 Å². The molecule has 0 aliphatic rings. The molecule has 1 heterocycles. The fourth-order valence-corrected chi connectivity index (χ4v) is 2.75. The number of halogens is 2. The average molecular weight is 394 g/mol. The lowest BCUT2D eigenvalue weighted by atomic mass is 10.2. The summed E-state index contributed by atoms with van der Waals surface area (Å²) in [5.74, 6) is -0.157. The van der Waals surface area contributed by atoms with E-state index in [4.69, 9.17) is 0 Å². The van der Waals surface area contributed by atoms with Crippen LogP contribution in [0, 0.1) is 0 Å². The molecule has 3 rings (SSSR count). The molecule has 100 valence electrons. The van der Waals surface area contributed by atoms with E-state index in [2.05, 4.69) is 42.2 Å². The van der Waals surface area contributed by atoms with Gasteiger partial charge in [-0.15, -0.1) is 0 Å². The SMILES string of the molecule is O=C(Nc1cccc(Br)c1)c1cc2ccc(Br)cc2[nH]1. The highest BCUT2D eigenvalue weighted by molar-refractivity contribution is 9.10. The molecular formula is C15H10Br2N2O. The second-order valence-corrected chi connectivity index (χ2v) is 6.21. The number of carbonyl (C=O) groups is 1. The van der Waals surface area contributed by atoms with Gasteiger partial charge in [0.25, 0.3) is 5.91 Å². The lowest BCUT2D eigenvalue weighted by molar-refractivity contribution is 0.102. The predicted octanol–water partition coefficient (Wildman–Crippen LogP) is 4.95. The summed E-state index contributed by atoms with van der Waals surface area (Å²) >= 11 is 6.79. The van der Waals surface area contributed by atoms with Crippen LogP contribution in [0.15, 0.2) is 57.5 Å². The van der Waals surface area contributed by atoms with Gasteiger partial charge in [0.05, 0.1) is 0 Å². The fraction of sp³-hybridized carbons (Fsp3) is 0. The van der Waals surface area contributed by atoms with E-state index in [0.717, 1.165) is 25.5 Å². The molecule has 0 spiro atoms. The quantitative estimate of drug-likeness (QED) is 0.635. The highest BCUT2D eigenvalue weighted by Gasteiger charge is 2.10. The first-order valence-corrected chi connectivity index (χ1v) is 7.55. The van der Waals surface area contributed by atoms with Gasteiger partial charge in [0.15, 0.2) is 0 Å². The standard InChI is InChI=1S/C15H10Br2N2O/c16-10-2-1-3-12(7-10)18-15(20)14-6-9-4-5-11(17)8-13(9)19-14/h1-8,19H,(H,18,20). The molecule has 0 saturated heterocycles. The van der Waals surface area contributed by atoms with Crippen molar-refractivity contribution in [2.75, 3.05) is 5.32 Å². The monoisotopic (exact) mass is 392 g/mol. The highest BCUT2D eigenvalue weighted by atomic mass is 79.9. The third kappa shape index (κ3) is 2.78. The van der Waals surface area contributed by atoms with Gasteiger partial charge in [0.2, 0.25) is 0 Å². The van der Waals surface area contributed by atoms with Gasteiger partial charge in [0.1, 0.15) is 5.69 Å². The number of benzene rings is 2. The largest absolute Gasteiger partial charge is 0.350 e. The number of rotatable bonds is 2. The second kappa shape index (κ2) is 5.42. The molecule has 0 saturated carbocycles. The Labute approximate surface area is 132 Å². The van der Waals surface area contributed by atoms with Crippen molar-refractivity contribution in [3.63, 3.8) is 0 Å². The lowest BCUT2D eigenvalue weighted by Gasteiger charge is -2.03. The van der Waals surface area contributed by atoms with E-state index in [9.17, 15) is 4.79 Å². The Morgan fingerprint density at radius 1 is 1.00 bits per heavy atom. The van der Waals surface area contributed by atoms with Crippen LogP contribution in [0.5, 0.6) is 0 Å². The molecule has 0 radical (unpaired) electrons. The number of amides is 1. The van der Waals surface area contributed by atoms with E-state index in [-0.39, 0.29) is 5.91 Å². The minimum Gasteiger partial charge on any atom is -0.350 e. The van der Waals surface area contributed by atoms with Gasteiger partial charge in [-0.1, -0.05) is 44.0 Å². The zero-order valence-corrected chi connectivity index (χ0v) is 13.5. The van der Waals surface area contributed by atoms with E-state index in [1.807, 2.05) is 48.5 Å². The van der Waals surface area contributed by atoms with E-state index in [1.54, 1.807) is 0 Å². The zero-order valence-electron chi connectivity index (χ0n) is 10.3. The van der Waals surface area contributed by atoms with Crippen molar-refractivity contribution in [2.24, 2.45) is 0 Å². The van der Waals surface area contributed by atoms with E-state index >= 15 is 0 Å². The molecule has 0 aliphatic carbocycles. The molecule has 1 amide bonds. The van der Waals surface area contributed by atoms with Crippen LogP contribution in [0.4, 0.5) is 5.69 Å². The number of anilines is 1. The molecular weight excluding hydrogens is 384 g/mol. The summed E-state index contributed by atoms with van der Waals surface area (Å²) in [6, 6.07) is 15.2. The maximum Gasteiger partial charge on any atom is 0.272 e. The second-order valence-electron chi connectivity index (χ2n) is 4.38. The van der Waals surface area contributed by atoms with Gasteiger partial charge >= 0.3 is 0 Å². The van der Waals surface area contributed by atoms with Crippen molar-refractivity contribution >= 4 is 54.4 Å².